The van der Waals surface area contributed by atoms with Crippen LogP contribution in [0.3, 0.4) is 0 Å². The molecule has 1 atom stereocenters. The molecule has 94 valence electrons. The highest BCUT2D eigenvalue weighted by atomic mass is 19.1. The minimum atomic E-state index is -0.287. The molecule has 0 aliphatic rings. The van der Waals surface area contributed by atoms with E-state index in [0.717, 1.165) is 11.1 Å². The molecule has 0 aromatic heterocycles. The van der Waals surface area contributed by atoms with Crippen molar-refractivity contribution in [1.29, 1.82) is 0 Å². The van der Waals surface area contributed by atoms with Gasteiger partial charge < -0.3 is 5.73 Å². The molecule has 0 saturated carbocycles. The van der Waals surface area contributed by atoms with Crippen LogP contribution in [0.2, 0.25) is 0 Å². The zero-order valence-electron chi connectivity index (χ0n) is 10.2. The Labute approximate surface area is 105 Å². The van der Waals surface area contributed by atoms with Crippen molar-refractivity contribution in [2.45, 2.75) is 19.4 Å². The molecule has 0 aliphatic heterocycles. The van der Waals surface area contributed by atoms with Gasteiger partial charge in [0.2, 0.25) is 0 Å². The van der Waals surface area contributed by atoms with E-state index in [0.29, 0.717) is 12.0 Å². The van der Waals surface area contributed by atoms with Gasteiger partial charge in [-0.3, -0.25) is 0 Å². The van der Waals surface area contributed by atoms with E-state index in [1.165, 1.54) is 18.2 Å². The minimum Gasteiger partial charge on any atom is -0.324 e. The molecule has 0 amide bonds. The molecular weight excluding hydrogens is 232 g/mol. The third-order valence-electron chi connectivity index (χ3n) is 2.99. The van der Waals surface area contributed by atoms with Crippen LogP contribution in [0.1, 0.15) is 22.7 Å². The smallest absolute Gasteiger partial charge is 0.126 e. The second-order valence-corrected chi connectivity index (χ2v) is 4.45. The molecule has 2 aromatic rings. The first-order valence-electron chi connectivity index (χ1n) is 5.82. The van der Waals surface area contributed by atoms with Crippen LogP contribution in [-0.4, -0.2) is 0 Å². The zero-order chi connectivity index (χ0) is 13.1. The fourth-order valence-electron chi connectivity index (χ4n) is 1.83. The Balaban J connectivity index is 2.13. The molecule has 18 heavy (non-hydrogen) atoms. The van der Waals surface area contributed by atoms with Gasteiger partial charge in [0, 0.05) is 6.04 Å². The summed E-state index contributed by atoms with van der Waals surface area (Å²) in [6.45, 7) is 1.71. The quantitative estimate of drug-likeness (QED) is 0.882. The van der Waals surface area contributed by atoms with Crippen LogP contribution in [-0.2, 0) is 6.42 Å². The SMILES string of the molecule is Cc1ccc(C(N)Cc2ccc(F)cc2)cc1F. The highest BCUT2D eigenvalue weighted by molar-refractivity contribution is 5.27. The van der Waals surface area contributed by atoms with Crippen LogP contribution in [0, 0.1) is 18.6 Å². The summed E-state index contributed by atoms with van der Waals surface area (Å²) in [4.78, 5) is 0. The first-order valence-corrected chi connectivity index (χ1v) is 5.82. The standard InChI is InChI=1S/C15H15F2N/c1-10-2-5-12(9-14(10)17)15(18)8-11-3-6-13(16)7-4-11/h2-7,9,15H,8,18H2,1H3. The summed E-state index contributed by atoms with van der Waals surface area (Å²) in [6.07, 6.45) is 0.558. The van der Waals surface area contributed by atoms with E-state index >= 15 is 0 Å². The summed E-state index contributed by atoms with van der Waals surface area (Å²) < 4.78 is 26.2. The first kappa shape index (κ1) is 12.7. The lowest BCUT2D eigenvalue weighted by Crippen LogP contribution is -2.13. The van der Waals surface area contributed by atoms with Gasteiger partial charge in [-0.2, -0.15) is 0 Å². The maximum absolute atomic E-state index is 13.4. The largest absolute Gasteiger partial charge is 0.324 e. The third kappa shape index (κ3) is 2.93. The van der Waals surface area contributed by atoms with E-state index in [1.54, 1.807) is 25.1 Å². The van der Waals surface area contributed by atoms with Gasteiger partial charge in [-0.05, 0) is 48.2 Å². The second kappa shape index (κ2) is 5.27. The normalized spacial score (nSPS) is 12.4. The average Bonchev–Trinajstić information content (AvgIpc) is 2.35. The highest BCUT2D eigenvalue weighted by Crippen LogP contribution is 2.19. The van der Waals surface area contributed by atoms with Gasteiger partial charge in [0.05, 0.1) is 0 Å². The molecule has 0 radical (unpaired) electrons. The van der Waals surface area contributed by atoms with Crippen molar-refractivity contribution in [1.82, 2.24) is 0 Å². The van der Waals surface area contributed by atoms with Crippen molar-refractivity contribution in [3.8, 4) is 0 Å². The maximum atomic E-state index is 13.4. The monoisotopic (exact) mass is 247 g/mol. The van der Waals surface area contributed by atoms with Gasteiger partial charge in [0.1, 0.15) is 11.6 Å². The van der Waals surface area contributed by atoms with Crippen molar-refractivity contribution < 1.29 is 8.78 Å². The van der Waals surface area contributed by atoms with Crippen LogP contribution in [0.15, 0.2) is 42.5 Å². The highest BCUT2D eigenvalue weighted by Gasteiger charge is 2.09. The summed E-state index contributed by atoms with van der Waals surface area (Å²) in [5.74, 6) is -0.518. The average molecular weight is 247 g/mol. The van der Waals surface area contributed by atoms with Gasteiger partial charge >= 0.3 is 0 Å². The number of hydrogen-bond donors (Lipinski definition) is 1. The van der Waals surface area contributed by atoms with E-state index in [1.807, 2.05) is 6.07 Å². The Kier molecular flexibility index (Phi) is 3.72. The number of hydrogen-bond acceptors (Lipinski definition) is 1. The molecular formula is C15H15F2N. The number of rotatable bonds is 3. The van der Waals surface area contributed by atoms with Gasteiger partial charge in [-0.25, -0.2) is 8.78 Å². The van der Waals surface area contributed by atoms with E-state index in [9.17, 15) is 8.78 Å². The van der Waals surface area contributed by atoms with Gasteiger partial charge in [0.25, 0.3) is 0 Å². The van der Waals surface area contributed by atoms with Crippen LogP contribution in [0.5, 0.6) is 0 Å². The molecule has 1 nitrogen and oxygen atoms in total. The molecule has 2 rings (SSSR count). The molecule has 2 aromatic carbocycles. The maximum Gasteiger partial charge on any atom is 0.126 e. The fraction of sp³-hybridized carbons (Fsp3) is 0.200. The van der Waals surface area contributed by atoms with Crippen molar-refractivity contribution in [3.05, 3.63) is 70.8 Å². The lowest BCUT2D eigenvalue weighted by molar-refractivity contribution is 0.609. The summed E-state index contributed by atoms with van der Waals surface area (Å²) >= 11 is 0. The number of nitrogens with two attached hydrogens (primary N) is 1. The van der Waals surface area contributed by atoms with Crippen molar-refractivity contribution in [2.24, 2.45) is 5.73 Å². The number of halogens is 2. The van der Waals surface area contributed by atoms with Crippen LogP contribution < -0.4 is 5.73 Å². The Morgan fingerprint density at radius 3 is 2.33 bits per heavy atom. The van der Waals surface area contributed by atoms with Gasteiger partial charge in [-0.15, -0.1) is 0 Å². The van der Waals surface area contributed by atoms with E-state index in [-0.39, 0.29) is 17.7 Å². The Hall–Kier alpha value is -1.74. The molecule has 1 unspecified atom stereocenters. The topological polar surface area (TPSA) is 26.0 Å². The molecule has 0 spiro atoms. The van der Waals surface area contributed by atoms with E-state index < -0.39 is 0 Å². The molecule has 3 heteroatoms. The minimum absolute atomic E-state index is 0.248. The fourth-order valence-corrected chi connectivity index (χ4v) is 1.83. The molecule has 0 aliphatic carbocycles. The molecule has 0 saturated heterocycles. The predicted octanol–water partition coefficient (Wildman–Crippen LogP) is 3.52. The molecule has 0 bridgehead atoms. The van der Waals surface area contributed by atoms with Gasteiger partial charge in [0.15, 0.2) is 0 Å². The van der Waals surface area contributed by atoms with Gasteiger partial charge in [-0.1, -0.05) is 24.3 Å². The van der Waals surface area contributed by atoms with Crippen molar-refractivity contribution in [2.75, 3.05) is 0 Å². The third-order valence-corrected chi connectivity index (χ3v) is 2.99. The van der Waals surface area contributed by atoms with Crippen LogP contribution >= 0.6 is 0 Å². The van der Waals surface area contributed by atoms with Crippen molar-refractivity contribution >= 4 is 0 Å². The van der Waals surface area contributed by atoms with Crippen LogP contribution in [0.4, 0.5) is 8.78 Å². The Morgan fingerprint density at radius 1 is 1.06 bits per heavy atom. The Bertz CT molecular complexity index is 535. The zero-order valence-corrected chi connectivity index (χ0v) is 10.2. The summed E-state index contributed by atoms with van der Waals surface area (Å²) in [7, 11) is 0. The summed E-state index contributed by atoms with van der Waals surface area (Å²) in [5, 5.41) is 0. The number of benzene rings is 2. The van der Waals surface area contributed by atoms with Crippen LogP contribution in [0.25, 0.3) is 0 Å². The molecule has 0 heterocycles. The molecule has 0 fully saturated rings. The first-order chi connectivity index (χ1) is 8.56. The molecule has 2 N–H and O–H groups in total. The van der Waals surface area contributed by atoms with Crippen molar-refractivity contribution in [3.63, 3.8) is 0 Å². The Morgan fingerprint density at radius 2 is 1.72 bits per heavy atom. The summed E-state index contributed by atoms with van der Waals surface area (Å²) in [6, 6.07) is 10.9. The lowest BCUT2D eigenvalue weighted by Gasteiger charge is -2.13. The summed E-state index contributed by atoms with van der Waals surface area (Å²) in [5.41, 5.74) is 8.32. The predicted molar refractivity (Wildman–Crippen MR) is 68.2 cm³/mol. The van der Waals surface area contributed by atoms with E-state index in [4.69, 9.17) is 5.73 Å². The number of aryl methyl sites for hydroxylation is 1. The second-order valence-electron chi connectivity index (χ2n) is 4.45. The lowest BCUT2D eigenvalue weighted by atomic mass is 9.98. The van der Waals surface area contributed by atoms with E-state index in [2.05, 4.69) is 0 Å².